The molecular formula is C10H19NNaO4P. The number of amides is 1. The minimum Gasteiger partial charge on any atom is -0.808 e. The third-order valence-electron chi connectivity index (χ3n) is 2.93. The van der Waals surface area contributed by atoms with Gasteiger partial charge in [0.05, 0.1) is 0 Å². The third-order valence-corrected chi connectivity index (χ3v) is 3.63. The maximum absolute atomic E-state index is 11.7. The Balaban J connectivity index is 0.00000256. The van der Waals surface area contributed by atoms with E-state index in [1.165, 1.54) is 6.42 Å². The van der Waals surface area contributed by atoms with Gasteiger partial charge < -0.3 is 9.79 Å². The molecule has 0 aromatic rings. The summed E-state index contributed by atoms with van der Waals surface area (Å²) in [5.74, 6) is -0.283. The van der Waals surface area contributed by atoms with Crippen LogP contribution in [-0.2, 0) is 4.79 Å². The number of hydroxylamine groups is 2. The molecule has 0 bridgehead atoms. The van der Waals surface area contributed by atoms with Crippen LogP contribution in [0.5, 0.6) is 0 Å². The molecule has 1 atom stereocenters. The molecule has 1 aliphatic rings. The Morgan fingerprint density at radius 3 is 2.47 bits per heavy atom. The largest absolute Gasteiger partial charge is 1.00 e. The third kappa shape index (κ3) is 7.06. The number of carbonyl (C=O) groups excluding carboxylic acids is 1. The first-order chi connectivity index (χ1) is 7.61. The fourth-order valence-electron chi connectivity index (χ4n) is 2.03. The van der Waals surface area contributed by atoms with Gasteiger partial charge in [-0.3, -0.25) is 10.0 Å². The summed E-state index contributed by atoms with van der Waals surface area (Å²) in [6, 6.07) is 0. The van der Waals surface area contributed by atoms with Gasteiger partial charge in [-0.05, 0) is 25.4 Å². The molecule has 0 spiro atoms. The van der Waals surface area contributed by atoms with Gasteiger partial charge in [-0.1, -0.05) is 27.6 Å². The van der Waals surface area contributed by atoms with E-state index in [1.807, 2.05) is 0 Å². The van der Waals surface area contributed by atoms with Gasteiger partial charge in [0.25, 0.3) is 0 Å². The van der Waals surface area contributed by atoms with E-state index < -0.39 is 8.38 Å². The molecule has 94 valence electrons. The normalized spacial score (nSPS) is 18.3. The van der Waals surface area contributed by atoms with Crippen LogP contribution in [0.3, 0.4) is 0 Å². The van der Waals surface area contributed by atoms with Crippen molar-refractivity contribution >= 4 is 14.3 Å². The Labute approximate surface area is 125 Å². The molecule has 7 heteroatoms. The van der Waals surface area contributed by atoms with Crippen molar-refractivity contribution in [3.05, 3.63) is 0 Å². The predicted octanol–water partition coefficient (Wildman–Crippen LogP) is -2.16. The second-order valence-electron chi connectivity index (χ2n) is 4.23. The van der Waals surface area contributed by atoms with Crippen LogP contribution < -0.4 is 34.5 Å². The number of hydrogen-bond acceptors (Lipinski definition) is 4. The van der Waals surface area contributed by atoms with Crippen LogP contribution in [0, 0.1) is 5.92 Å². The molecule has 1 rings (SSSR count). The van der Waals surface area contributed by atoms with E-state index >= 15 is 0 Å². The van der Waals surface area contributed by atoms with Crippen LogP contribution in [0.1, 0.15) is 38.5 Å². The van der Waals surface area contributed by atoms with Crippen molar-refractivity contribution in [1.29, 1.82) is 0 Å². The predicted molar refractivity (Wildman–Crippen MR) is 58.7 cm³/mol. The van der Waals surface area contributed by atoms with E-state index in [0.717, 1.165) is 30.7 Å². The summed E-state index contributed by atoms with van der Waals surface area (Å²) < 4.78 is 0. The Kier molecular flexibility index (Phi) is 10.1. The van der Waals surface area contributed by atoms with Crippen molar-refractivity contribution in [2.45, 2.75) is 38.5 Å². The Morgan fingerprint density at radius 1 is 1.35 bits per heavy atom. The molecule has 0 aromatic carbocycles. The van der Waals surface area contributed by atoms with Gasteiger partial charge in [0.1, 0.15) is 0 Å². The first-order valence-electron chi connectivity index (χ1n) is 5.75. The summed E-state index contributed by atoms with van der Waals surface area (Å²) in [7, 11) is -2.16. The number of rotatable bonds is 5. The number of nitrogens with zero attached hydrogens (tertiary/aromatic N) is 1. The molecule has 1 saturated carbocycles. The van der Waals surface area contributed by atoms with E-state index in [1.54, 1.807) is 0 Å². The van der Waals surface area contributed by atoms with Crippen LogP contribution in [0.25, 0.3) is 0 Å². The van der Waals surface area contributed by atoms with E-state index in [-0.39, 0.29) is 54.1 Å². The van der Waals surface area contributed by atoms with Gasteiger partial charge in [-0.15, -0.1) is 0 Å². The van der Waals surface area contributed by atoms with Crippen molar-refractivity contribution in [3.8, 4) is 0 Å². The second-order valence-corrected chi connectivity index (χ2v) is 5.38. The fourth-order valence-corrected chi connectivity index (χ4v) is 2.44. The van der Waals surface area contributed by atoms with Crippen LogP contribution in [0.2, 0.25) is 0 Å². The topological polar surface area (TPSA) is 83.8 Å². The summed E-state index contributed by atoms with van der Waals surface area (Å²) in [6.45, 7) is 0.150. The molecule has 1 unspecified atom stereocenters. The zero-order chi connectivity index (χ0) is 12.0. The maximum Gasteiger partial charge on any atom is 1.00 e. The Morgan fingerprint density at radius 2 is 1.94 bits per heavy atom. The molecular weight excluding hydrogens is 252 g/mol. The molecule has 1 amide bonds. The first-order valence-corrected chi connectivity index (χ1v) is 7.15. The van der Waals surface area contributed by atoms with Crippen molar-refractivity contribution in [1.82, 2.24) is 5.06 Å². The first kappa shape index (κ1) is 17.8. The summed E-state index contributed by atoms with van der Waals surface area (Å²) in [4.78, 5) is 30.7. The molecule has 1 aliphatic carbocycles. The smallest absolute Gasteiger partial charge is 0.808 e. The van der Waals surface area contributed by atoms with Gasteiger partial charge in [0.2, 0.25) is 5.91 Å². The van der Waals surface area contributed by atoms with Crippen molar-refractivity contribution in [3.63, 3.8) is 0 Å². The monoisotopic (exact) mass is 271 g/mol. The van der Waals surface area contributed by atoms with Crippen LogP contribution in [0.15, 0.2) is 0 Å². The minimum absolute atomic E-state index is 0. The quantitative estimate of drug-likeness (QED) is 0.258. The molecule has 5 nitrogen and oxygen atoms in total. The van der Waals surface area contributed by atoms with E-state index in [2.05, 4.69) is 0 Å². The molecule has 0 aliphatic heterocycles. The molecule has 2 N–H and O–H groups in total. The van der Waals surface area contributed by atoms with E-state index in [0.29, 0.717) is 6.42 Å². The molecule has 0 aromatic heterocycles. The average Bonchev–Trinajstić information content (AvgIpc) is 2.28. The van der Waals surface area contributed by atoms with E-state index in [9.17, 15) is 14.9 Å². The molecule has 0 saturated heterocycles. The Hall–Kier alpha value is 0.780. The number of hydrogen-bond donors (Lipinski definition) is 2. The van der Waals surface area contributed by atoms with Gasteiger partial charge in [-0.2, -0.15) is 0 Å². The second kappa shape index (κ2) is 9.68. The van der Waals surface area contributed by atoms with Crippen molar-refractivity contribution in [2.24, 2.45) is 5.92 Å². The summed E-state index contributed by atoms with van der Waals surface area (Å²) in [6.07, 6.45) is 5.46. The molecule has 1 fully saturated rings. The van der Waals surface area contributed by atoms with Gasteiger partial charge >= 0.3 is 29.6 Å². The Bertz CT molecular complexity index is 224. The molecule has 0 radical (unpaired) electrons. The summed E-state index contributed by atoms with van der Waals surface area (Å²) >= 11 is 0. The SMILES string of the molecule is O=C(C1CCCCC1)N(O)CCCP([O-])O.[Na+]. The van der Waals surface area contributed by atoms with Crippen molar-refractivity contribution in [2.75, 3.05) is 12.7 Å². The summed E-state index contributed by atoms with van der Waals surface area (Å²) in [5.41, 5.74) is 0. The average molecular weight is 271 g/mol. The van der Waals surface area contributed by atoms with Gasteiger partial charge in [0.15, 0.2) is 0 Å². The maximum atomic E-state index is 11.7. The standard InChI is InChI=1S/C10H19NO4P.Na/c12-10(9-5-2-1-3-6-9)11(13)7-4-8-16(14)15;/h9,13-14H,1-8H2;/q-1;+1. The zero-order valence-corrected chi connectivity index (χ0v) is 13.2. The molecule has 0 heterocycles. The van der Waals surface area contributed by atoms with Crippen LogP contribution in [-0.4, -0.2) is 33.8 Å². The number of carbonyl (C=O) groups is 1. The zero-order valence-electron chi connectivity index (χ0n) is 10.3. The minimum atomic E-state index is -2.16. The molecule has 17 heavy (non-hydrogen) atoms. The van der Waals surface area contributed by atoms with Crippen molar-refractivity contribution < 1.29 is 49.3 Å². The van der Waals surface area contributed by atoms with Gasteiger partial charge in [-0.25, -0.2) is 5.06 Å². The summed E-state index contributed by atoms with van der Waals surface area (Å²) in [5, 5.41) is 10.2. The fraction of sp³-hybridized carbons (Fsp3) is 0.900. The van der Waals surface area contributed by atoms with Crippen LogP contribution >= 0.6 is 8.38 Å². The van der Waals surface area contributed by atoms with Crippen LogP contribution in [0.4, 0.5) is 0 Å². The van der Waals surface area contributed by atoms with E-state index in [4.69, 9.17) is 4.89 Å². The van der Waals surface area contributed by atoms with Gasteiger partial charge in [0, 0.05) is 12.5 Å².